The molecule has 8 nitrogen and oxygen atoms in total. The SMILES string of the molecule is CCCCCCCC/C=C\CCCCCCCC(=O)O[C@H](COCCCCC)COP(=O)([O-])OCC[N+](C)(C)C. The number of phosphoric acid groups is 1. The normalized spacial score (nSPS) is 14.4. The van der Waals surface area contributed by atoms with Gasteiger partial charge < -0.3 is 27.9 Å². The van der Waals surface area contributed by atoms with E-state index in [0.29, 0.717) is 24.1 Å². The highest BCUT2D eigenvalue weighted by Crippen LogP contribution is 2.38. The predicted octanol–water partition coefficient (Wildman–Crippen LogP) is 7.35. The maximum absolute atomic E-state index is 12.4. The Morgan fingerprint density at radius 2 is 1.30 bits per heavy atom. The Kier molecular flexibility index (Phi) is 25.4. The van der Waals surface area contributed by atoms with Crippen LogP contribution in [0.4, 0.5) is 0 Å². The maximum atomic E-state index is 12.4. The second-order valence-electron chi connectivity index (χ2n) is 11.8. The van der Waals surface area contributed by atoms with Gasteiger partial charge in [0.15, 0.2) is 0 Å². The molecule has 0 saturated heterocycles. The molecule has 1 unspecified atom stereocenters. The number of hydrogen-bond acceptors (Lipinski definition) is 7. The molecule has 0 saturated carbocycles. The number of esters is 1. The Morgan fingerprint density at radius 1 is 0.750 bits per heavy atom. The zero-order valence-electron chi connectivity index (χ0n) is 26.5. The highest BCUT2D eigenvalue weighted by atomic mass is 31.2. The number of quaternary nitrogens is 1. The fraction of sp³-hybridized carbons (Fsp3) is 0.903. The summed E-state index contributed by atoms with van der Waals surface area (Å²) in [6, 6.07) is 0. The molecular weight excluding hydrogens is 529 g/mol. The molecule has 9 heteroatoms. The Labute approximate surface area is 246 Å². The van der Waals surface area contributed by atoms with Crippen LogP contribution in [-0.4, -0.2) is 70.7 Å². The van der Waals surface area contributed by atoms with Gasteiger partial charge in [-0.25, -0.2) is 0 Å². The van der Waals surface area contributed by atoms with Crippen LogP contribution in [0.5, 0.6) is 0 Å². The van der Waals surface area contributed by atoms with Gasteiger partial charge >= 0.3 is 5.97 Å². The van der Waals surface area contributed by atoms with Gasteiger partial charge in [0.25, 0.3) is 7.82 Å². The molecule has 0 N–H and O–H groups in total. The van der Waals surface area contributed by atoms with Crippen LogP contribution >= 0.6 is 7.82 Å². The van der Waals surface area contributed by atoms with Gasteiger partial charge in [0.05, 0.1) is 34.4 Å². The van der Waals surface area contributed by atoms with Gasteiger partial charge in [-0.1, -0.05) is 90.2 Å². The fourth-order valence-electron chi connectivity index (χ4n) is 4.01. The molecule has 40 heavy (non-hydrogen) atoms. The summed E-state index contributed by atoms with van der Waals surface area (Å²) < 4.78 is 33.8. The lowest BCUT2D eigenvalue weighted by Gasteiger charge is -2.28. The van der Waals surface area contributed by atoms with Crippen molar-refractivity contribution in [2.45, 2.75) is 129 Å². The van der Waals surface area contributed by atoms with Gasteiger partial charge in [-0.3, -0.25) is 9.36 Å². The van der Waals surface area contributed by atoms with E-state index in [9.17, 15) is 14.3 Å². The highest BCUT2D eigenvalue weighted by Gasteiger charge is 2.20. The molecule has 2 atom stereocenters. The van der Waals surface area contributed by atoms with Crippen molar-refractivity contribution in [1.29, 1.82) is 0 Å². The van der Waals surface area contributed by atoms with E-state index in [0.717, 1.165) is 51.4 Å². The summed E-state index contributed by atoms with van der Waals surface area (Å²) in [6.45, 7) is 5.23. The van der Waals surface area contributed by atoms with Crippen LogP contribution in [0.3, 0.4) is 0 Å². The fourth-order valence-corrected chi connectivity index (χ4v) is 4.74. The first kappa shape index (κ1) is 39.2. The summed E-state index contributed by atoms with van der Waals surface area (Å²) in [5.74, 6) is -0.352. The maximum Gasteiger partial charge on any atom is 0.306 e. The van der Waals surface area contributed by atoms with E-state index in [1.54, 1.807) is 0 Å². The van der Waals surface area contributed by atoms with Gasteiger partial charge in [0, 0.05) is 13.0 Å². The predicted molar refractivity (Wildman–Crippen MR) is 162 cm³/mol. The Hall–Kier alpha value is -0.760. The second-order valence-corrected chi connectivity index (χ2v) is 13.2. The summed E-state index contributed by atoms with van der Waals surface area (Å²) in [4.78, 5) is 24.5. The minimum absolute atomic E-state index is 0.0255. The summed E-state index contributed by atoms with van der Waals surface area (Å²) in [5.41, 5.74) is 0. The van der Waals surface area contributed by atoms with Gasteiger partial charge in [-0.15, -0.1) is 0 Å². The molecule has 0 aromatic heterocycles. The lowest BCUT2D eigenvalue weighted by Crippen LogP contribution is -2.37. The zero-order valence-corrected chi connectivity index (χ0v) is 27.4. The van der Waals surface area contributed by atoms with Crippen LogP contribution < -0.4 is 4.89 Å². The number of ether oxygens (including phenoxy) is 2. The quantitative estimate of drug-likeness (QED) is 0.0295. The van der Waals surface area contributed by atoms with Crippen LogP contribution in [0.2, 0.25) is 0 Å². The highest BCUT2D eigenvalue weighted by molar-refractivity contribution is 7.45. The third kappa shape index (κ3) is 28.8. The molecule has 0 aliphatic rings. The molecule has 0 aromatic rings. The Balaban J connectivity index is 4.15. The average Bonchev–Trinajstić information content (AvgIpc) is 2.88. The molecule has 0 aliphatic heterocycles. The summed E-state index contributed by atoms with van der Waals surface area (Å²) in [5, 5.41) is 0. The first-order valence-corrected chi connectivity index (χ1v) is 17.4. The van der Waals surface area contributed by atoms with E-state index in [-0.39, 0.29) is 25.8 Å². The van der Waals surface area contributed by atoms with Crippen LogP contribution in [-0.2, 0) is 27.9 Å². The summed E-state index contributed by atoms with van der Waals surface area (Å²) in [6.07, 6.45) is 22.7. The molecule has 0 rings (SSSR count). The van der Waals surface area contributed by atoms with Crippen molar-refractivity contribution in [2.75, 3.05) is 54.1 Å². The summed E-state index contributed by atoms with van der Waals surface area (Å²) in [7, 11) is 1.35. The number of carbonyl (C=O) groups is 1. The molecular formula is C31H62NO7P. The van der Waals surface area contributed by atoms with Gasteiger partial charge in [0.1, 0.15) is 19.3 Å². The number of phosphoric ester groups is 1. The molecule has 0 amide bonds. The molecule has 0 spiro atoms. The number of carbonyl (C=O) groups excluding carboxylic acids is 1. The molecule has 0 aliphatic carbocycles. The van der Waals surface area contributed by atoms with E-state index < -0.39 is 13.9 Å². The van der Waals surface area contributed by atoms with Crippen LogP contribution in [0.1, 0.15) is 123 Å². The van der Waals surface area contributed by atoms with E-state index in [4.69, 9.17) is 18.5 Å². The molecule has 0 aromatic carbocycles. The summed E-state index contributed by atoms with van der Waals surface area (Å²) >= 11 is 0. The first-order chi connectivity index (χ1) is 19.1. The Bertz CT molecular complexity index is 667. The number of allylic oxidation sites excluding steroid dienone is 2. The second kappa shape index (κ2) is 25.9. The number of nitrogens with zero attached hydrogens (tertiary/aromatic N) is 1. The van der Waals surface area contributed by atoms with E-state index in [1.165, 1.54) is 51.4 Å². The first-order valence-electron chi connectivity index (χ1n) is 15.9. The van der Waals surface area contributed by atoms with Crippen molar-refractivity contribution in [3.05, 3.63) is 12.2 Å². The lowest BCUT2D eigenvalue weighted by molar-refractivity contribution is -0.870. The molecule has 238 valence electrons. The van der Waals surface area contributed by atoms with Crippen molar-refractivity contribution >= 4 is 13.8 Å². The van der Waals surface area contributed by atoms with Crippen molar-refractivity contribution < 1.29 is 37.3 Å². The van der Waals surface area contributed by atoms with Gasteiger partial charge in [0.2, 0.25) is 0 Å². The minimum atomic E-state index is -4.49. The lowest BCUT2D eigenvalue weighted by atomic mass is 10.1. The van der Waals surface area contributed by atoms with Crippen molar-refractivity contribution in [3.63, 3.8) is 0 Å². The third-order valence-corrected chi connectivity index (χ3v) is 7.53. The van der Waals surface area contributed by atoms with E-state index >= 15 is 0 Å². The van der Waals surface area contributed by atoms with Crippen molar-refractivity contribution in [3.8, 4) is 0 Å². The van der Waals surface area contributed by atoms with Crippen LogP contribution in [0, 0.1) is 0 Å². The third-order valence-electron chi connectivity index (χ3n) is 6.57. The Morgan fingerprint density at radius 3 is 1.90 bits per heavy atom. The van der Waals surface area contributed by atoms with Crippen molar-refractivity contribution in [1.82, 2.24) is 0 Å². The smallest absolute Gasteiger partial charge is 0.306 e. The average molecular weight is 592 g/mol. The van der Waals surface area contributed by atoms with Crippen LogP contribution in [0.25, 0.3) is 0 Å². The number of hydrogen-bond donors (Lipinski definition) is 0. The number of unbranched alkanes of at least 4 members (excludes halogenated alkanes) is 13. The largest absolute Gasteiger partial charge is 0.756 e. The minimum Gasteiger partial charge on any atom is -0.756 e. The number of rotatable bonds is 29. The molecule has 0 heterocycles. The standard InChI is InChI=1S/C31H62NO7P/c1-6-8-10-11-12-13-14-15-16-17-18-19-20-21-22-24-31(33)39-30(28-36-26-23-9-7-2)29-38-40(34,35)37-27-25-32(3,4)5/h15-16,30H,6-14,17-29H2,1-5H3/b16-15-/t30-/m1/s1. The van der Waals surface area contributed by atoms with Crippen LogP contribution in [0.15, 0.2) is 12.2 Å². The van der Waals surface area contributed by atoms with Gasteiger partial charge in [-0.2, -0.15) is 0 Å². The topological polar surface area (TPSA) is 94.1 Å². The molecule has 0 fully saturated rings. The zero-order chi connectivity index (χ0) is 30.0. The van der Waals surface area contributed by atoms with Gasteiger partial charge in [-0.05, 0) is 38.5 Å². The van der Waals surface area contributed by atoms with Crippen molar-refractivity contribution in [2.24, 2.45) is 0 Å². The number of likely N-dealkylation sites (N-methyl/N-ethyl adjacent to an activating group) is 1. The van der Waals surface area contributed by atoms with E-state index in [1.807, 2.05) is 21.1 Å². The monoisotopic (exact) mass is 591 g/mol. The molecule has 0 bridgehead atoms. The van der Waals surface area contributed by atoms with E-state index in [2.05, 4.69) is 26.0 Å². The molecule has 0 radical (unpaired) electrons.